The van der Waals surface area contributed by atoms with E-state index in [1.165, 1.54) is 38.5 Å². The van der Waals surface area contributed by atoms with Gasteiger partial charge in [0, 0.05) is 0 Å². The monoisotopic (exact) mass is 236 g/mol. The highest BCUT2D eigenvalue weighted by Crippen LogP contribution is 2.20. The van der Waals surface area contributed by atoms with Crippen molar-refractivity contribution in [1.82, 2.24) is 0 Å². The summed E-state index contributed by atoms with van der Waals surface area (Å²) in [5.41, 5.74) is 6.27. The summed E-state index contributed by atoms with van der Waals surface area (Å²) in [7, 11) is 0. The van der Waals surface area contributed by atoms with Gasteiger partial charge in [-0.2, -0.15) is 0 Å². The second-order valence-corrected chi connectivity index (χ2v) is 5.24. The van der Waals surface area contributed by atoms with Gasteiger partial charge in [-0.1, -0.05) is 48.5 Å². The predicted octanol–water partition coefficient (Wildman–Crippen LogP) is 4.35. The fourth-order valence-corrected chi connectivity index (χ4v) is 3.03. The highest BCUT2D eigenvalue weighted by Gasteiger charge is 2.07. The maximum atomic E-state index is 2.24. The van der Waals surface area contributed by atoms with Crippen LogP contribution in [0.15, 0.2) is 48.5 Å². The minimum absolute atomic E-state index is 1.30. The molecule has 2 aromatic carbocycles. The van der Waals surface area contributed by atoms with Gasteiger partial charge in [0.05, 0.1) is 0 Å². The zero-order valence-corrected chi connectivity index (χ0v) is 10.9. The van der Waals surface area contributed by atoms with Gasteiger partial charge in [0.15, 0.2) is 0 Å². The summed E-state index contributed by atoms with van der Waals surface area (Å²) >= 11 is 0. The van der Waals surface area contributed by atoms with Crippen LogP contribution >= 0.6 is 0 Å². The standard InChI is InChI=1S/2C9H10/c2*1-2-5-9-7-3-6-8(9)4-1/h2*1-2,4-5H,3,6-7H2. The van der Waals surface area contributed by atoms with Crippen LogP contribution in [0.2, 0.25) is 0 Å². The quantitative estimate of drug-likeness (QED) is 0.638. The summed E-state index contributed by atoms with van der Waals surface area (Å²) in [5, 5.41) is 0. The molecule has 0 radical (unpaired) electrons. The summed E-state index contributed by atoms with van der Waals surface area (Å²) in [6.45, 7) is 0. The van der Waals surface area contributed by atoms with E-state index in [1.54, 1.807) is 22.3 Å². The SMILES string of the molecule is c1ccc2c(c1)CCC2.c1ccc2c(c1)CCC2. The van der Waals surface area contributed by atoms with Crippen LogP contribution in [0.5, 0.6) is 0 Å². The van der Waals surface area contributed by atoms with Crippen molar-refractivity contribution in [2.24, 2.45) is 0 Å². The van der Waals surface area contributed by atoms with E-state index in [0.717, 1.165) is 0 Å². The molecule has 0 amide bonds. The Morgan fingerprint density at radius 1 is 0.444 bits per heavy atom. The first-order valence-corrected chi connectivity index (χ1v) is 7.07. The highest BCUT2D eigenvalue weighted by atomic mass is 14.1. The lowest BCUT2D eigenvalue weighted by Crippen LogP contribution is -1.77. The minimum atomic E-state index is 1.30. The van der Waals surface area contributed by atoms with E-state index >= 15 is 0 Å². The van der Waals surface area contributed by atoms with Crippen LogP contribution in [-0.4, -0.2) is 0 Å². The zero-order chi connectivity index (χ0) is 12.2. The fourth-order valence-electron chi connectivity index (χ4n) is 3.03. The van der Waals surface area contributed by atoms with E-state index in [4.69, 9.17) is 0 Å². The molecule has 0 heterocycles. The van der Waals surface area contributed by atoms with Gasteiger partial charge in [-0.25, -0.2) is 0 Å². The number of hydrogen-bond donors (Lipinski definition) is 0. The molecule has 0 atom stereocenters. The zero-order valence-electron chi connectivity index (χ0n) is 10.9. The normalized spacial score (nSPS) is 15.6. The van der Waals surface area contributed by atoms with Gasteiger partial charge in [-0.15, -0.1) is 0 Å². The molecule has 4 rings (SSSR count). The Hall–Kier alpha value is -1.56. The van der Waals surface area contributed by atoms with Gasteiger partial charge in [0.2, 0.25) is 0 Å². The van der Waals surface area contributed by atoms with Crippen molar-refractivity contribution >= 4 is 0 Å². The van der Waals surface area contributed by atoms with E-state index in [9.17, 15) is 0 Å². The topological polar surface area (TPSA) is 0 Å². The molecule has 0 N–H and O–H groups in total. The molecule has 0 spiro atoms. The third-order valence-electron chi connectivity index (χ3n) is 4.02. The van der Waals surface area contributed by atoms with Gasteiger partial charge < -0.3 is 0 Å². The Labute approximate surface area is 110 Å². The molecule has 0 heteroatoms. The van der Waals surface area contributed by atoms with Gasteiger partial charge in [-0.05, 0) is 60.8 Å². The van der Waals surface area contributed by atoms with Gasteiger partial charge >= 0.3 is 0 Å². The molecule has 18 heavy (non-hydrogen) atoms. The fraction of sp³-hybridized carbons (Fsp3) is 0.333. The van der Waals surface area contributed by atoms with E-state index in [-0.39, 0.29) is 0 Å². The first-order valence-electron chi connectivity index (χ1n) is 7.07. The number of fused-ring (bicyclic) bond motifs is 2. The molecular formula is C18H20. The van der Waals surface area contributed by atoms with Crippen LogP contribution in [0.25, 0.3) is 0 Å². The Balaban J connectivity index is 0.000000111. The molecule has 0 aliphatic heterocycles. The Morgan fingerprint density at radius 3 is 1.00 bits per heavy atom. The molecule has 0 bridgehead atoms. The van der Waals surface area contributed by atoms with E-state index in [2.05, 4.69) is 48.5 Å². The second kappa shape index (κ2) is 5.39. The number of aryl methyl sites for hydroxylation is 4. The molecule has 2 aliphatic carbocycles. The first kappa shape index (κ1) is 11.5. The molecule has 0 aromatic heterocycles. The van der Waals surface area contributed by atoms with Gasteiger partial charge in [0.25, 0.3) is 0 Å². The van der Waals surface area contributed by atoms with Crippen LogP contribution in [-0.2, 0) is 25.7 Å². The van der Waals surface area contributed by atoms with Gasteiger partial charge in [0.1, 0.15) is 0 Å². The lowest BCUT2D eigenvalue weighted by molar-refractivity contribution is 0.912. The van der Waals surface area contributed by atoms with Crippen molar-refractivity contribution in [1.29, 1.82) is 0 Å². The number of rotatable bonds is 0. The summed E-state index contributed by atoms with van der Waals surface area (Å²) in [6, 6.07) is 17.5. The van der Waals surface area contributed by atoms with Crippen LogP contribution in [0.4, 0.5) is 0 Å². The Morgan fingerprint density at radius 2 is 0.722 bits per heavy atom. The molecule has 2 aliphatic rings. The first-order chi connectivity index (χ1) is 8.93. The predicted molar refractivity (Wildman–Crippen MR) is 76.9 cm³/mol. The Kier molecular flexibility index (Phi) is 3.45. The smallest absolute Gasteiger partial charge is 0.0273 e. The molecule has 0 nitrogen and oxygen atoms in total. The van der Waals surface area contributed by atoms with Crippen molar-refractivity contribution in [2.75, 3.05) is 0 Å². The maximum Gasteiger partial charge on any atom is -0.0273 e. The molecule has 0 saturated carbocycles. The lowest BCUT2D eigenvalue weighted by Gasteiger charge is -1.93. The van der Waals surface area contributed by atoms with E-state index < -0.39 is 0 Å². The minimum Gasteiger partial charge on any atom is -0.0620 e. The molecule has 0 fully saturated rings. The largest absolute Gasteiger partial charge is 0.0620 e. The second-order valence-electron chi connectivity index (χ2n) is 5.24. The van der Waals surface area contributed by atoms with Crippen LogP contribution < -0.4 is 0 Å². The van der Waals surface area contributed by atoms with Crippen molar-refractivity contribution < 1.29 is 0 Å². The van der Waals surface area contributed by atoms with Crippen molar-refractivity contribution in [3.05, 3.63) is 70.8 Å². The Bertz CT molecular complexity index is 430. The van der Waals surface area contributed by atoms with Gasteiger partial charge in [-0.3, -0.25) is 0 Å². The molecule has 92 valence electrons. The van der Waals surface area contributed by atoms with Crippen molar-refractivity contribution in [3.8, 4) is 0 Å². The molecular weight excluding hydrogens is 216 g/mol. The summed E-state index contributed by atoms with van der Waals surface area (Å²) < 4.78 is 0. The summed E-state index contributed by atoms with van der Waals surface area (Å²) in [5.74, 6) is 0. The molecule has 2 aromatic rings. The lowest BCUT2D eigenvalue weighted by atomic mass is 10.1. The summed E-state index contributed by atoms with van der Waals surface area (Å²) in [4.78, 5) is 0. The summed E-state index contributed by atoms with van der Waals surface area (Å²) in [6.07, 6.45) is 7.93. The maximum absolute atomic E-state index is 2.24. The van der Waals surface area contributed by atoms with Crippen LogP contribution in [0.3, 0.4) is 0 Å². The highest BCUT2D eigenvalue weighted by molar-refractivity contribution is 5.31. The number of benzene rings is 2. The van der Waals surface area contributed by atoms with E-state index in [1.807, 2.05) is 0 Å². The number of hydrogen-bond acceptors (Lipinski definition) is 0. The van der Waals surface area contributed by atoms with E-state index in [0.29, 0.717) is 0 Å². The average Bonchev–Trinajstić information content (AvgIpc) is 3.08. The van der Waals surface area contributed by atoms with Crippen molar-refractivity contribution in [2.45, 2.75) is 38.5 Å². The molecule has 0 saturated heterocycles. The third-order valence-corrected chi connectivity index (χ3v) is 4.02. The van der Waals surface area contributed by atoms with Crippen molar-refractivity contribution in [3.63, 3.8) is 0 Å². The third kappa shape index (κ3) is 2.48. The average molecular weight is 236 g/mol. The molecule has 0 unspecified atom stereocenters. The van der Waals surface area contributed by atoms with Crippen LogP contribution in [0, 0.1) is 0 Å². The van der Waals surface area contributed by atoms with Crippen LogP contribution in [0.1, 0.15) is 35.1 Å².